The highest BCUT2D eigenvalue weighted by molar-refractivity contribution is 6.13. The summed E-state index contributed by atoms with van der Waals surface area (Å²) in [6.45, 7) is 0. The summed E-state index contributed by atoms with van der Waals surface area (Å²) in [5, 5.41) is 2.20. The SMILES string of the molecule is c1ccc(-c2ccc(N(c3ccc4c(c3)C(c3ccccc3)(c3ccccc3)c3ccccc3-4)c3cccc4oc5ccccc5c34)cc2)cc1. The van der Waals surface area contributed by atoms with Gasteiger partial charge in [-0.2, -0.15) is 0 Å². The molecule has 0 spiro atoms. The second-order valence-electron chi connectivity index (χ2n) is 13.3. The van der Waals surface area contributed by atoms with E-state index < -0.39 is 5.41 Å². The zero-order chi connectivity index (χ0) is 33.8. The molecule has 0 saturated heterocycles. The van der Waals surface area contributed by atoms with Gasteiger partial charge in [0.1, 0.15) is 11.2 Å². The Morgan fingerprint density at radius 2 is 0.961 bits per heavy atom. The van der Waals surface area contributed by atoms with Gasteiger partial charge in [-0.25, -0.2) is 0 Å². The van der Waals surface area contributed by atoms with Gasteiger partial charge in [0.25, 0.3) is 0 Å². The topological polar surface area (TPSA) is 16.4 Å². The van der Waals surface area contributed by atoms with Crippen LogP contribution in [0.5, 0.6) is 0 Å². The smallest absolute Gasteiger partial charge is 0.137 e. The fraction of sp³-hybridized carbons (Fsp3) is 0.0204. The van der Waals surface area contributed by atoms with Crippen LogP contribution < -0.4 is 4.90 Å². The molecule has 1 aromatic heterocycles. The number of rotatable bonds is 6. The standard InChI is InChI=1S/C49H33NO/c1-4-15-34(16-5-1)35-27-29-38(30-28-35)50(45-24-14-26-47-48(45)42-22-11-13-25-46(42)51-47)39-31-32-41-40-21-10-12-23-43(40)49(44(41)33-39,36-17-6-2-7-18-36)37-19-8-3-9-20-37/h1-33H. The van der Waals surface area contributed by atoms with Crippen molar-refractivity contribution in [2.24, 2.45) is 0 Å². The summed E-state index contributed by atoms with van der Waals surface area (Å²) in [4.78, 5) is 2.41. The first-order chi connectivity index (χ1) is 25.3. The highest BCUT2D eigenvalue weighted by atomic mass is 16.3. The van der Waals surface area contributed by atoms with Gasteiger partial charge in [-0.15, -0.1) is 0 Å². The molecule has 0 fully saturated rings. The lowest BCUT2D eigenvalue weighted by molar-refractivity contribution is 0.669. The average Bonchev–Trinajstić information content (AvgIpc) is 3.74. The van der Waals surface area contributed by atoms with Crippen LogP contribution in [-0.2, 0) is 5.41 Å². The Balaban J connectivity index is 1.26. The predicted molar refractivity (Wildman–Crippen MR) is 211 cm³/mol. The predicted octanol–water partition coefficient (Wildman–Crippen LogP) is 13.1. The normalized spacial score (nSPS) is 12.9. The molecule has 0 unspecified atom stereocenters. The molecule has 0 radical (unpaired) electrons. The van der Waals surface area contributed by atoms with Gasteiger partial charge in [0.05, 0.1) is 16.5 Å². The number of hydrogen-bond acceptors (Lipinski definition) is 2. The number of para-hydroxylation sites is 1. The zero-order valence-corrected chi connectivity index (χ0v) is 27.9. The lowest BCUT2D eigenvalue weighted by Gasteiger charge is -2.35. The van der Waals surface area contributed by atoms with Gasteiger partial charge >= 0.3 is 0 Å². The Hall–Kier alpha value is -6.64. The van der Waals surface area contributed by atoms with E-state index in [-0.39, 0.29) is 0 Å². The summed E-state index contributed by atoms with van der Waals surface area (Å²) in [5.74, 6) is 0. The van der Waals surface area contributed by atoms with E-state index in [1.807, 2.05) is 6.07 Å². The molecule has 0 N–H and O–H groups in total. The van der Waals surface area contributed by atoms with Gasteiger partial charge in [0.2, 0.25) is 0 Å². The maximum absolute atomic E-state index is 6.43. The second-order valence-corrected chi connectivity index (χ2v) is 13.3. The van der Waals surface area contributed by atoms with Crippen molar-refractivity contribution in [1.82, 2.24) is 0 Å². The molecular formula is C49H33NO. The van der Waals surface area contributed by atoms with Crippen LogP contribution >= 0.6 is 0 Å². The molecule has 10 rings (SSSR count). The molecule has 2 heteroatoms. The third-order valence-electron chi connectivity index (χ3n) is 10.6. The quantitative estimate of drug-likeness (QED) is 0.178. The van der Waals surface area contributed by atoms with Crippen LogP contribution in [0, 0.1) is 0 Å². The molecule has 2 nitrogen and oxygen atoms in total. The van der Waals surface area contributed by atoms with E-state index >= 15 is 0 Å². The highest BCUT2D eigenvalue weighted by Gasteiger charge is 2.46. The fourth-order valence-corrected chi connectivity index (χ4v) is 8.37. The number of fused-ring (bicyclic) bond motifs is 6. The molecule has 0 bridgehead atoms. The Labute approximate surface area is 297 Å². The Bertz CT molecular complexity index is 2640. The number of furan rings is 1. The molecule has 8 aromatic carbocycles. The molecule has 51 heavy (non-hydrogen) atoms. The summed E-state index contributed by atoms with van der Waals surface area (Å²) >= 11 is 0. The number of hydrogen-bond donors (Lipinski definition) is 0. The lowest BCUT2D eigenvalue weighted by Crippen LogP contribution is -2.28. The molecule has 1 aliphatic carbocycles. The molecule has 0 amide bonds. The molecule has 0 aliphatic heterocycles. The monoisotopic (exact) mass is 651 g/mol. The minimum Gasteiger partial charge on any atom is -0.456 e. The van der Waals surface area contributed by atoms with Crippen LogP contribution in [0.25, 0.3) is 44.2 Å². The molecule has 0 saturated carbocycles. The second kappa shape index (κ2) is 11.8. The summed E-state index contributed by atoms with van der Waals surface area (Å²) in [6, 6.07) is 72.2. The van der Waals surface area contributed by atoms with E-state index in [9.17, 15) is 0 Å². The minimum absolute atomic E-state index is 0.498. The van der Waals surface area contributed by atoms with E-state index in [1.165, 1.54) is 44.5 Å². The maximum Gasteiger partial charge on any atom is 0.137 e. The van der Waals surface area contributed by atoms with Gasteiger partial charge in [-0.05, 0) is 87.0 Å². The maximum atomic E-state index is 6.43. The van der Waals surface area contributed by atoms with Crippen molar-refractivity contribution in [2.75, 3.05) is 4.90 Å². The number of benzene rings is 8. The Morgan fingerprint density at radius 3 is 1.71 bits per heavy atom. The van der Waals surface area contributed by atoms with Crippen molar-refractivity contribution in [3.8, 4) is 22.3 Å². The molecule has 9 aromatic rings. The van der Waals surface area contributed by atoms with E-state index in [0.29, 0.717) is 0 Å². The van der Waals surface area contributed by atoms with Gasteiger partial charge in [0, 0.05) is 16.8 Å². The third kappa shape index (κ3) is 4.50. The third-order valence-corrected chi connectivity index (χ3v) is 10.6. The zero-order valence-electron chi connectivity index (χ0n) is 27.9. The van der Waals surface area contributed by atoms with Crippen LogP contribution in [-0.4, -0.2) is 0 Å². The summed E-state index contributed by atoms with van der Waals surface area (Å²) < 4.78 is 6.43. The largest absolute Gasteiger partial charge is 0.456 e. The molecule has 1 heterocycles. The minimum atomic E-state index is -0.498. The Kier molecular flexibility index (Phi) is 6.75. The van der Waals surface area contributed by atoms with Crippen molar-refractivity contribution in [3.05, 3.63) is 222 Å². The van der Waals surface area contributed by atoms with Gasteiger partial charge < -0.3 is 9.32 Å². The lowest BCUT2D eigenvalue weighted by atomic mass is 9.67. The first kappa shape index (κ1) is 29.3. The van der Waals surface area contributed by atoms with Gasteiger partial charge in [-0.3, -0.25) is 0 Å². The van der Waals surface area contributed by atoms with Crippen LogP contribution in [0.4, 0.5) is 17.1 Å². The van der Waals surface area contributed by atoms with E-state index in [0.717, 1.165) is 39.0 Å². The van der Waals surface area contributed by atoms with Crippen molar-refractivity contribution >= 4 is 39.0 Å². The molecule has 240 valence electrons. The highest BCUT2D eigenvalue weighted by Crippen LogP contribution is 2.57. The Morgan fingerprint density at radius 1 is 0.392 bits per heavy atom. The first-order valence-corrected chi connectivity index (χ1v) is 17.5. The fourth-order valence-electron chi connectivity index (χ4n) is 8.37. The number of anilines is 3. The van der Waals surface area contributed by atoms with Crippen molar-refractivity contribution in [3.63, 3.8) is 0 Å². The summed E-state index contributed by atoms with van der Waals surface area (Å²) in [5.41, 5.74) is 14.5. The molecule has 1 aliphatic rings. The van der Waals surface area contributed by atoms with Gasteiger partial charge in [0.15, 0.2) is 0 Å². The van der Waals surface area contributed by atoms with Gasteiger partial charge in [-0.1, -0.05) is 158 Å². The summed E-state index contributed by atoms with van der Waals surface area (Å²) in [6.07, 6.45) is 0. The van der Waals surface area contributed by atoms with E-state index in [1.54, 1.807) is 0 Å². The number of nitrogens with zero attached hydrogens (tertiary/aromatic N) is 1. The van der Waals surface area contributed by atoms with Crippen LogP contribution in [0.1, 0.15) is 22.3 Å². The van der Waals surface area contributed by atoms with Crippen molar-refractivity contribution < 1.29 is 4.42 Å². The summed E-state index contributed by atoms with van der Waals surface area (Å²) in [7, 11) is 0. The molecule has 0 atom stereocenters. The van der Waals surface area contributed by atoms with Crippen LogP contribution in [0.2, 0.25) is 0 Å². The molecular weight excluding hydrogens is 619 g/mol. The van der Waals surface area contributed by atoms with Crippen LogP contribution in [0.15, 0.2) is 205 Å². The van der Waals surface area contributed by atoms with Crippen molar-refractivity contribution in [1.29, 1.82) is 0 Å². The van der Waals surface area contributed by atoms with E-state index in [2.05, 4.69) is 199 Å². The first-order valence-electron chi connectivity index (χ1n) is 17.5. The van der Waals surface area contributed by atoms with Crippen molar-refractivity contribution in [2.45, 2.75) is 5.41 Å². The van der Waals surface area contributed by atoms with Crippen LogP contribution in [0.3, 0.4) is 0 Å². The average molecular weight is 652 g/mol. The van der Waals surface area contributed by atoms with E-state index in [4.69, 9.17) is 4.42 Å².